The molecule has 1 aromatic heterocycles. The average molecular weight is 251 g/mol. The lowest BCUT2D eigenvalue weighted by Gasteiger charge is -2.19. The minimum atomic E-state index is 0.0574. The van der Waals surface area contributed by atoms with E-state index in [1.165, 1.54) is 0 Å². The molecule has 0 radical (unpaired) electrons. The molecule has 1 heterocycles. The Balaban J connectivity index is 1.74. The maximum absolute atomic E-state index is 12.0. The van der Waals surface area contributed by atoms with Crippen LogP contribution in [0.25, 0.3) is 0 Å². The van der Waals surface area contributed by atoms with Crippen molar-refractivity contribution in [2.24, 2.45) is 5.92 Å². The number of carbonyl (C=O) groups is 1. The molecule has 1 aliphatic carbocycles. The Kier molecular flexibility index (Phi) is 4.30. The lowest BCUT2D eigenvalue weighted by Crippen LogP contribution is -2.35. The van der Waals surface area contributed by atoms with Gasteiger partial charge in [-0.2, -0.15) is 15.4 Å². The van der Waals surface area contributed by atoms with E-state index in [2.05, 4.69) is 25.6 Å². The molecule has 6 nitrogen and oxygen atoms in total. The number of rotatable bonds is 5. The van der Waals surface area contributed by atoms with Gasteiger partial charge in [-0.1, -0.05) is 0 Å². The van der Waals surface area contributed by atoms with Crippen molar-refractivity contribution in [3.63, 3.8) is 0 Å². The SMILES string of the molecule is CN(C)CCCNC(=O)C1CCc2n[nH]nc2C1. The van der Waals surface area contributed by atoms with E-state index >= 15 is 0 Å². The second-order valence-electron chi connectivity index (χ2n) is 5.10. The molecule has 18 heavy (non-hydrogen) atoms. The highest BCUT2D eigenvalue weighted by Crippen LogP contribution is 2.22. The summed E-state index contributed by atoms with van der Waals surface area (Å²) in [6.45, 7) is 1.75. The first-order valence-corrected chi connectivity index (χ1v) is 6.48. The van der Waals surface area contributed by atoms with Gasteiger partial charge in [0.25, 0.3) is 0 Å². The van der Waals surface area contributed by atoms with Gasteiger partial charge >= 0.3 is 0 Å². The predicted molar refractivity (Wildman–Crippen MR) is 68.1 cm³/mol. The number of aryl methyl sites for hydroxylation is 1. The number of nitrogens with one attached hydrogen (secondary N) is 2. The molecule has 0 aliphatic heterocycles. The lowest BCUT2D eigenvalue weighted by atomic mass is 9.89. The van der Waals surface area contributed by atoms with E-state index in [0.717, 1.165) is 43.7 Å². The van der Waals surface area contributed by atoms with Crippen LogP contribution in [0.2, 0.25) is 0 Å². The molecule has 0 fully saturated rings. The van der Waals surface area contributed by atoms with E-state index in [-0.39, 0.29) is 11.8 Å². The fraction of sp³-hybridized carbons (Fsp3) is 0.750. The summed E-state index contributed by atoms with van der Waals surface area (Å²) in [6.07, 6.45) is 3.42. The fourth-order valence-corrected chi connectivity index (χ4v) is 2.26. The van der Waals surface area contributed by atoms with Crippen LogP contribution < -0.4 is 5.32 Å². The minimum Gasteiger partial charge on any atom is -0.356 e. The molecule has 1 unspecified atom stereocenters. The molecule has 1 aliphatic rings. The average Bonchev–Trinajstić information content (AvgIpc) is 2.81. The molecule has 0 saturated heterocycles. The molecule has 6 heteroatoms. The number of fused-ring (bicyclic) bond motifs is 1. The van der Waals surface area contributed by atoms with Gasteiger partial charge in [0.1, 0.15) is 0 Å². The van der Waals surface area contributed by atoms with Gasteiger partial charge in [-0.3, -0.25) is 4.79 Å². The van der Waals surface area contributed by atoms with Crippen molar-refractivity contribution in [2.75, 3.05) is 27.2 Å². The summed E-state index contributed by atoms with van der Waals surface area (Å²) < 4.78 is 0. The first-order chi connectivity index (χ1) is 8.66. The smallest absolute Gasteiger partial charge is 0.223 e. The quantitative estimate of drug-likeness (QED) is 0.721. The maximum atomic E-state index is 12.0. The third-order valence-corrected chi connectivity index (χ3v) is 3.32. The molecule has 0 aromatic carbocycles. The summed E-state index contributed by atoms with van der Waals surface area (Å²) in [4.78, 5) is 14.1. The summed E-state index contributed by atoms with van der Waals surface area (Å²) in [5.41, 5.74) is 1.97. The van der Waals surface area contributed by atoms with Crippen LogP contribution in [0.4, 0.5) is 0 Å². The Labute approximate surface area is 107 Å². The standard InChI is InChI=1S/C12H21N5O/c1-17(2)7-3-6-13-12(18)9-4-5-10-11(8-9)15-16-14-10/h9H,3-8H2,1-2H3,(H,13,18)(H,14,15,16). The topological polar surface area (TPSA) is 73.9 Å². The number of aromatic nitrogens is 3. The monoisotopic (exact) mass is 251 g/mol. The Morgan fingerprint density at radius 3 is 3.00 bits per heavy atom. The van der Waals surface area contributed by atoms with E-state index in [9.17, 15) is 4.79 Å². The fourth-order valence-electron chi connectivity index (χ4n) is 2.26. The zero-order valence-electron chi connectivity index (χ0n) is 11.1. The zero-order valence-corrected chi connectivity index (χ0v) is 11.1. The maximum Gasteiger partial charge on any atom is 0.223 e. The van der Waals surface area contributed by atoms with Crippen molar-refractivity contribution >= 4 is 5.91 Å². The number of nitrogens with zero attached hydrogens (tertiary/aromatic N) is 3. The molecule has 0 saturated carbocycles. The number of aromatic amines is 1. The Morgan fingerprint density at radius 2 is 2.22 bits per heavy atom. The molecule has 1 aromatic rings. The van der Waals surface area contributed by atoms with Gasteiger partial charge < -0.3 is 10.2 Å². The lowest BCUT2D eigenvalue weighted by molar-refractivity contribution is -0.125. The first-order valence-electron chi connectivity index (χ1n) is 6.48. The Hall–Kier alpha value is -1.43. The number of carbonyl (C=O) groups excluding carboxylic acids is 1. The normalized spacial score (nSPS) is 18.7. The zero-order chi connectivity index (χ0) is 13.0. The van der Waals surface area contributed by atoms with E-state index in [0.29, 0.717) is 6.42 Å². The van der Waals surface area contributed by atoms with Crippen molar-refractivity contribution in [1.29, 1.82) is 0 Å². The number of H-pyrrole nitrogens is 1. The molecule has 2 rings (SSSR count). The summed E-state index contributed by atoms with van der Waals surface area (Å²) >= 11 is 0. The number of hydrogen-bond donors (Lipinski definition) is 2. The van der Waals surface area contributed by atoms with Crippen LogP contribution in [0, 0.1) is 5.92 Å². The van der Waals surface area contributed by atoms with Crippen molar-refractivity contribution in [2.45, 2.75) is 25.7 Å². The van der Waals surface area contributed by atoms with E-state index < -0.39 is 0 Å². The van der Waals surface area contributed by atoms with Gasteiger partial charge in [0.05, 0.1) is 11.4 Å². The largest absolute Gasteiger partial charge is 0.356 e. The van der Waals surface area contributed by atoms with E-state index in [1.54, 1.807) is 0 Å². The van der Waals surface area contributed by atoms with Crippen LogP contribution in [0.3, 0.4) is 0 Å². The van der Waals surface area contributed by atoms with E-state index in [1.807, 2.05) is 14.1 Å². The molecule has 1 atom stereocenters. The van der Waals surface area contributed by atoms with Crippen LogP contribution >= 0.6 is 0 Å². The minimum absolute atomic E-state index is 0.0574. The molecular weight excluding hydrogens is 230 g/mol. The molecular formula is C12H21N5O. The highest BCUT2D eigenvalue weighted by Gasteiger charge is 2.26. The second kappa shape index (κ2) is 5.95. The summed E-state index contributed by atoms with van der Waals surface area (Å²) in [6, 6.07) is 0. The van der Waals surface area contributed by atoms with Gasteiger partial charge in [-0.15, -0.1) is 0 Å². The van der Waals surface area contributed by atoms with Gasteiger partial charge in [0.15, 0.2) is 0 Å². The first kappa shape index (κ1) is 13.0. The Morgan fingerprint density at radius 1 is 1.44 bits per heavy atom. The van der Waals surface area contributed by atoms with Gasteiger partial charge in [0, 0.05) is 18.9 Å². The number of hydrogen-bond acceptors (Lipinski definition) is 4. The summed E-state index contributed by atoms with van der Waals surface area (Å²) in [7, 11) is 4.07. The predicted octanol–water partition coefficient (Wildman–Crippen LogP) is -0.0225. The molecule has 2 N–H and O–H groups in total. The van der Waals surface area contributed by atoms with Crippen LogP contribution in [-0.2, 0) is 17.6 Å². The third-order valence-electron chi connectivity index (χ3n) is 3.32. The van der Waals surface area contributed by atoms with Gasteiger partial charge in [0.2, 0.25) is 5.91 Å². The second-order valence-corrected chi connectivity index (χ2v) is 5.10. The molecule has 1 amide bonds. The van der Waals surface area contributed by atoms with Crippen LogP contribution in [-0.4, -0.2) is 53.4 Å². The van der Waals surface area contributed by atoms with Gasteiger partial charge in [-0.25, -0.2) is 0 Å². The highest BCUT2D eigenvalue weighted by atomic mass is 16.1. The van der Waals surface area contributed by atoms with Crippen LogP contribution in [0.15, 0.2) is 0 Å². The van der Waals surface area contributed by atoms with Crippen molar-refractivity contribution < 1.29 is 4.79 Å². The van der Waals surface area contributed by atoms with Gasteiger partial charge in [-0.05, 0) is 39.9 Å². The van der Waals surface area contributed by atoms with Crippen molar-refractivity contribution in [1.82, 2.24) is 25.6 Å². The Bertz CT molecular complexity index is 401. The van der Waals surface area contributed by atoms with Crippen molar-refractivity contribution in [3.05, 3.63) is 11.4 Å². The molecule has 0 spiro atoms. The summed E-state index contributed by atoms with van der Waals surface area (Å²) in [5.74, 6) is 0.212. The molecule has 100 valence electrons. The van der Waals surface area contributed by atoms with Crippen LogP contribution in [0.5, 0.6) is 0 Å². The highest BCUT2D eigenvalue weighted by molar-refractivity contribution is 5.79. The third kappa shape index (κ3) is 3.29. The van der Waals surface area contributed by atoms with Crippen LogP contribution in [0.1, 0.15) is 24.2 Å². The van der Waals surface area contributed by atoms with Crippen molar-refractivity contribution in [3.8, 4) is 0 Å². The summed E-state index contributed by atoms with van der Waals surface area (Å²) in [5, 5.41) is 13.8. The van der Waals surface area contributed by atoms with E-state index in [4.69, 9.17) is 0 Å². The number of amides is 1. The molecule has 0 bridgehead atoms.